The number of hydrogen-bond donors (Lipinski definition) is 1. The van der Waals surface area contributed by atoms with E-state index in [-0.39, 0.29) is 5.82 Å². The minimum atomic E-state index is -0.340. The zero-order chi connectivity index (χ0) is 17.6. The van der Waals surface area contributed by atoms with Crippen LogP contribution in [0.2, 0.25) is 0 Å². The number of allylic oxidation sites excluding steroid dienone is 1. The molecule has 6 heteroatoms. The number of nitrogens with zero attached hydrogens (tertiary/aromatic N) is 2. The van der Waals surface area contributed by atoms with E-state index in [2.05, 4.69) is 16.4 Å². The van der Waals surface area contributed by atoms with Crippen molar-refractivity contribution in [3.05, 3.63) is 70.9 Å². The van der Waals surface area contributed by atoms with Gasteiger partial charge in [0.15, 0.2) is 0 Å². The molecule has 1 N–H and O–H groups in total. The molecule has 1 heterocycles. The molecule has 3 aromatic rings. The first-order valence-corrected chi connectivity index (χ1v) is 8.30. The number of hydrogen-bond acceptors (Lipinski definition) is 5. The van der Waals surface area contributed by atoms with Gasteiger partial charge >= 0.3 is 0 Å². The van der Waals surface area contributed by atoms with Crippen molar-refractivity contribution < 1.29 is 9.13 Å². The van der Waals surface area contributed by atoms with Crippen LogP contribution in [-0.4, -0.2) is 12.1 Å². The van der Waals surface area contributed by atoms with Gasteiger partial charge in [0, 0.05) is 22.8 Å². The summed E-state index contributed by atoms with van der Waals surface area (Å²) in [6.07, 6.45) is 1.53. The molecule has 0 saturated heterocycles. The van der Waals surface area contributed by atoms with Crippen LogP contribution >= 0.6 is 11.3 Å². The standard InChI is InChI=1S/C19H14FN3OS/c1-24-17-7-5-13(6-8-17)18-12-25-19(23-18)14(10-21)11-22-16-4-2-3-15(20)9-16/h2-9,11-12,22H,1H3. The Hall–Kier alpha value is -3.17. The van der Waals surface area contributed by atoms with Gasteiger partial charge in [-0.05, 0) is 42.5 Å². The highest BCUT2D eigenvalue weighted by Gasteiger charge is 2.09. The van der Waals surface area contributed by atoms with Gasteiger partial charge in [0.1, 0.15) is 28.2 Å². The van der Waals surface area contributed by atoms with Crippen molar-refractivity contribution in [1.82, 2.24) is 4.98 Å². The van der Waals surface area contributed by atoms with Crippen molar-refractivity contribution in [2.75, 3.05) is 12.4 Å². The molecule has 2 aromatic carbocycles. The Balaban J connectivity index is 1.81. The van der Waals surface area contributed by atoms with E-state index in [1.807, 2.05) is 29.6 Å². The number of nitrogens with one attached hydrogen (secondary N) is 1. The summed E-state index contributed by atoms with van der Waals surface area (Å²) in [6.45, 7) is 0. The summed E-state index contributed by atoms with van der Waals surface area (Å²) < 4.78 is 18.3. The third kappa shape index (κ3) is 4.03. The van der Waals surface area contributed by atoms with Crippen molar-refractivity contribution in [1.29, 1.82) is 5.26 Å². The Morgan fingerprint density at radius 3 is 2.76 bits per heavy atom. The summed E-state index contributed by atoms with van der Waals surface area (Å²) >= 11 is 1.38. The van der Waals surface area contributed by atoms with Gasteiger partial charge in [-0.2, -0.15) is 5.26 Å². The van der Waals surface area contributed by atoms with Gasteiger partial charge in [-0.15, -0.1) is 11.3 Å². The number of methoxy groups -OCH3 is 1. The molecule has 0 aliphatic heterocycles. The van der Waals surface area contributed by atoms with Crippen molar-refractivity contribution in [3.63, 3.8) is 0 Å². The topological polar surface area (TPSA) is 57.9 Å². The van der Waals surface area contributed by atoms with E-state index in [0.29, 0.717) is 16.3 Å². The highest BCUT2D eigenvalue weighted by molar-refractivity contribution is 7.11. The first-order valence-electron chi connectivity index (χ1n) is 7.42. The molecule has 0 unspecified atom stereocenters. The Labute approximate surface area is 148 Å². The zero-order valence-corrected chi connectivity index (χ0v) is 14.2. The number of benzene rings is 2. The second-order valence-corrected chi connectivity index (χ2v) is 5.95. The number of aromatic nitrogens is 1. The molecule has 4 nitrogen and oxygen atoms in total. The lowest BCUT2D eigenvalue weighted by atomic mass is 10.2. The molecule has 0 saturated carbocycles. The fourth-order valence-electron chi connectivity index (χ4n) is 2.17. The van der Waals surface area contributed by atoms with E-state index < -0.39 is 0 Å². The number of thiazole rings is 1. The van der Waals surface area contributed by atoms with Gasteiger partial charge in [-0.3, -0.25) is 0 Å². The highest BCUT2D eigenvalue weighted by Crippen LogP contribution is 2.27. The Morgan fingerprint density at radius 1 is 1.28 bits per heavy atom. The van der Waals surface area contributed by atoms with Crippen LogP contribution in [0.1, 0.15) is 5.01 Å². The lowest BCUT2D eigenvalue weighted by Crippen LogP contribution is -1.91. The third-order valence-electron chi connectivity index (χ3n) is 3.45. The molecule has 3 rings (SSSR count). The predicted octanol–water partition coefficient (Wildman–Crippen LogP) is 4.93. The van der Waals surface area contributed by atoms with Crippen LogP contribution in [0.25, 0.3) is 16.8 Å². The second-order valence-electron chi connectivity index (χ2n) is 5.09. The van der Waals surface area contributed by atoms with Gasteiger partial charge in [-0.1, -0.05) is 6.07 Å². The molecule has 0 bridgehead atoms. The van der Waals surface area contributed by atoms with E-state index in [9.17, 15) is 9.65 Å². The Bertz CT molecular complexity index is 942. The maximum absolute atomic E-state index is 13.2. The van der Waals surface area contributed by atoms with Crippen LogP contribution in [0, 0.1) is 17.1 Å². The molecule has 0 amide bonds. The van der Waals surface area contributed by atoms with Gasteiger partial charge in [0.25, 0.3) is 0 Å². The van der Waals surface area contributed by atoms with E-state index in [4.69, 9.17) is 4.74 Å². The van der Waals surface area contributed by atoms with E-state index in [1.165, 1.54) is 29.7 Å². The van der Waals surface area contributed by atoms with Crippen molar-refractivity contribution in [2.24, 2.45) is 0 Å². The average molecular weight is 351 g/mol. The molecule has 1 aromatic heterocycles. The van der Waals surface area contributed by atoms with E-state index in [1.54, 1.807) is 19.2 Å². The molecule has 0 spiro atoms. The first kappa shape index (κ1) is 16.7. The molecule has 0 aliphatic rings. The molecular formula is C19H14FN3OS. The van der Waals surface area contributed by atoms with E-state index in [0.717, 1.165) is 17.0 Å². The summed E-state index contributed by atoms with van der Waals surface area (Å²) in [7, 11) is 1.62. The first-order chi connectivity index (χ1) is 12.2. The largest absolute Gasteiger partial charge is 0.497 e. The number of anilines is 1. The lowest BCUT2D eigenvalue weighted by Gasteiger charge is -2.01. The number of rotatable bonds is 5. The summed E-state index contributed by atoms with van der Waals surface area (Å²) in [6, 6.07) is 15.7. The Morgan fingerprint density at radius 2 is 2.08 bits per heavy atom. The monoisotopic (exact) mass is 351 g/mol. The number of ether oxygens (including phenoxy) is 1. The quantitative estimate of drug-likeness (QED) is 0.662. The van der Waals surface area contributed by atoms with Crippen molar-refractivity contribution >= 4 is 22.6 Å². The van der Waals surface area contributed by atoms with Crippen LogP contribution in [0.3, 0.4) is 0 Å². The van der Waals surface area contributed by atoms with Crippen LogP contribution in [0.5, 0.6) is 5.75 Å². The molecular weight excluding hydrogens is 337 g/mol. The average Bonchev–Trinajstić information content (AvgIpc) is 3.12. The maximum atomic E-state index is 13.2. The van der Waals surface area contributed by atoms with Gasteiger partial charge < -0.3 is 10.1 Å². The fraction of sp³-hybridized carbons (Fsp3) is 0.0526. The molecule has 124 valence electrons. The molecule has 0 aliphatic carbocycles. The van der Waals surface area contributed by atoms with Crippen LogP contribution in [-0.2, 0) is 0 Å². The summed E-state index contributed by atoms with van der Waals surface area (Å²) in [5.74, 6) is 0.434. The number of halogens is 1. The van der Waals surface area contributed by atoms with Crippen LogP contribution in [0.4, 0.5) is 10.1 Å². The highest BCUT2D eigenvalue weighted by atomic mass is 32.1. The number of nitriles is 1. The van der Waals surface area contributed by atoms with Gasteiger partial charge in [0.05, 0.1) is 12.8 Å². The minimum absolute atomic E-state index is 0.340. The fourth-order valence-corrected chi connectivity index (χ4v) is 2.96. The van der Waals surface area contributed by atoms with Gasteiger partial charge in [0.2, 0.25) is 0 Å². The molecule has 0 radical (unpaired) electrons. The summed E-state index contributed by atoms with van der Waals surface area (Å²) in [4.78, 5) is 4.51. The normalized spacial score (nSPS) is 11.0. The summed E-state index contributed by atoms with van der Waals surface area (Å²) in [5.41, 5.74) is 2.68. The Kier molecular flexibility index (Phi) is 5.07. The van der Waals surface area contributed by atoms with Crippen molar-refractivity contribution in [3.8, 4) is 23.1 Å². The summed E-state index contributed by atoms with van der Waals surface area (Å²) in [5, 5.41) is 14.8. The van der Waals surface area contributed by atoms with Crippen LogP contribution in [0.15, 0.2) is 60.1 Å². The zero-order valence-electron chi connectivity index (χ0n) is 13.4. The minimum Gasteiger partial charge on any atom is -0.497 e. The molecule has 25 heavy (non-hydrogen) atoms. The van der Waals surface area contributed by atoms with Crippen molar-refractivity contribution in [2.45, 2.75) is 0 Å². The molecule has 0 atom stereocenters. The smallest absolute Gasteiger partial charge is 0.136 e. The SMILES string of the molecule is COc1ccc(-c2csc(C(C#N)=CNc3cccc(F)c3)n2)cc1. The molecule has 0 fully saturated rings. The third-order valence-corrected chi connectivity index (χ3v) is 4.32. The maximum Gasteiger partial charge on any atom is 0.136 e. The van der Waals surface area contributed by atoms with Crippen LogP contribution < -0.4 is 10.1 Å². The second kappa shape index (κ2) is 7.60. The van der Waals surface area contributed by atoms with Gasteiger partial charge in [-0.25, -0.2) is 9.37 Å². The predicted molar refractivity (Wildman–Crippen MR) is 97.7 cm³/mol. The lowest BCUT2D eigenvalue weighted by molar-refractivity contribution is 0.415. The van der Waals surface area contributed by atoms with E-state index >= 15 is 0 Å².